The molecule has 12 heteroatoms. The number of halogens is 3. The first kappa shape index (κ1) is 22.4. The molecule has 8 nitrogen and oxygen atoms in total. The molecule has 1 saturated heterocycles. The van der Waals surface area contributed by atoms with Crippen molar-refractivity contribution in [2.75, 3.05) is 6.54 Å². The average molecular weight is 475 g/mol. The van der Waals surface area contributed by atoms with Crippen molar-refractivity contribution in [3.8, 4) is 11.1 Å². The summed E-state index contributed by atoms with van der Waals surface area (Å²) < 4.78 is 46.8. The lowest BCUT2D eigenvalue weighted by Crippen LogP contribution is -2.53. The highest BCUT2D eigenvalue weighted by Gasteiger charge is 2.51. The highest BCUT2D eigenvalue weighted by molar-refractivity contribution is 6.99. The number of hydrogen-bond donors (Lipinski definition) is 3. The van der Waals surface area contributed by atoms with E-state index in [4.69, 9.17) is 0 Å². The Kier molecular flexibility index (Phi) is 5.62. The van der Waals surface area contributed by atoms with Crippen LogP contribution in [0.3, 0.4) is 0 Å². The van der Waals surface area contributed by atoms with Gasteiger partial charge in [0, 0.05) is 5.56 Å². The van der Waals surface area contributed by atoms with Gasteiger partial charge < -0.3 is 10.6 Å². The number of aryl methyl sites for hydroxylation is 1. The molecule has 0 aliphatic carbocycles. The summed E-state index contributed by atoms with van der Waals surface area (Å²) in [7, 11) is 0. The second-order valence-electron chi connectivity index (χ2n) is 7.32. The molecule has 0 bridgehead atoms. The van der Waals surface area contributed by atoms with Crippen molar-refractivity contribution < 1.29 is 27.6 Å². The number of hydrogen-bond acceptors (Lipinski definition) is 6. The van der Waals surface area contributed by atoms with Gasteiger partial charge in [-0.2, -0.15) is 21.9 Å². The van der Waals surface area contributed by atoms with Gasteiger partial charge >= 0.3 is 12.2 Å². The molecule has 0 spiro atoms. The molecule has 0 saturated carbocycles. The number of nitrogens with zero attached hydrogens (tertiary/aromatic N) is 2. The number of carbonyl (C=O) groups excluding carboxylic acids is 3. The van der Waals surface area contributed by atoms with Gasteiger partial charge in [0.05, 0.1) is 29.5 Å². The second kappa shape index (κ2) is 8.28. The van der Waals surface area contributed by atoms with Gasteiger partial charge in [-0.15, -0.1) is 0 Å². The fourth-order valence-corrected chi connectivity index (χ4v) is 4.18. The third-order valence-corrected chi connectivity index (χ3v) is 5.83. The van der Waals surface area contributed by atoms with Gasteiger partial charge in [-0.3, -0.25) is 14.9 Å². The van der Waals surface area contributed by atoms with Crippen LogP contribution in [0.1, 0.15) is 27.3 Å². The molecule has 1 atom stereocenters. The van der Waals surface area contributed by atoms with Crippen LogP contribution in [0.25, 0.3) is 11.1 Å². The maximum Gasteiger partial charge on any atom is 0.416 e. The first-order chi connectivity index (χ1) is 15.6. The van der Waals surface area contributed by atoms with Crippen molar-refractivity contribution in [1.29, 1.82) is 0 Å². The summed E-state index contributed by atoms with van der Waals surface area (Å²) >= 11 is 0.864. The zero-order valence-electron chi connectivity index (χ0n) is 17.0. The van der Waals surface area contributed by atoms with Crippen LogP contribution in [0.15, 0.2) is 48.5 Å². The Bertz CT molecular complexity index is 1240. The maximum absolute atomic E-state index is 13.0. The van der Waals surface area contributed by atoms with Crippen molar-refractivity contribution in [3.63, 3.8) is 0 Å². The Hall–Kier alpha value is -3.80. The molecule has 4 amide bonds. The SMILES string of the molecule is Cc1nsnc1[C@@]1(CNC(=O)c2ccccc2-c2ccc(C(F)(F)F)cc2)NC(=O)NC1=O. The van der Waals surface area contributed by atoms with Crippen molar-refractivity contribution >= 4 is 29.6 Å². The zero-order chi connectivity index (χ0) is 23.8. The molecule has 170 valence electrons. The maximum atomic E-state index is 13.0. The molecule has 1 fully saturated rings. The van der Waals surface area contributed by atoms with Crippen LogP contribution in [0, 0.1) is 6.92 Å². The van der Waals surface area contributed by atoms with Crippen LogP contribution in [0.2, 0.25) is 0 Å². The highest BCUT2D eigenvalue weighted by Crippen LogP contribution is 2.32. The van der Waals surface area contributed by atoms with E-state index in [0.29, 0.717) is 16.8 Å². The van der Waals surface area contributed by atoms with E-state index in [1.54, 1.807) is 25.1 Å². The number of nitrogens with one attached hydrogen (secondary N) is 3. The molecule has 1 aromatic heterocycles. The van der Waals surface area contributed by atoms with Gasteiger partial charge in [0.15, 0.2) is 5.54 Å². The van der Waals surface area contributed by atoms with E-state index in [1.165, 1.54) is 18.2 Å². The molecule has 0 unspecified atom stereocenters. The summed E-state index contributed by atoms with van der Waals surface area (Å²) in [4.78, 5) is 37.5. The van der Waals surface area contributed by atoms with E-state index in [0.717, 1.165) is 23.9 Å². The molecular weight excluding hydrogens is 459 g/mol. The number of alkyl halides is 3. The number of imide groups is 1. The fourth-order valence-electron chi connectivity index (χ4n) is 3.56. The normalized spacial score (nSPS) is 18.1. The van der Waals surface area contributed by atoms with Crippen molar-refractivity contribution in [3.05, 3.63) is 71.0 Å². The lowest BCUT2D eigenvalue weighted by Gasteiger charge is -2.25. The summed E-state index contributed by atoms with van der Waals surface area (Å²) in [5.74, 6) is -1.26. The number of aromatic nitrogens is 2. The van der Waals surface area contributed by atoms with E-state index >= 15 is 0 Å². The Balaban J connectivity index is 1.61. The largest absolute Gasteiger partial charge is 0.416 e. The third-order valence-electron chi connectivity index (χ3n) is 5.21. The van der Waals surface area contributed by atoms with Crippen LogP contribution in [0.5, 0.6) is 0 Å². The van der Waals surface area contributed by atoms with Crippen LogP contribution in [0.4, 0.5) is 18.0 Å². The van der Waals surface area contributed by atoms with E-state index in [9.17, 15) is 27.6 Å². The molecular formula is C21H16F3N5O3S. The predicted octanol–water partition coefficient (Wildman–Crippen LogP) is 3.00. The fraction of sp³-hybridized carbons (Fsp3) is 0.190. The topological polar surface area (TPSA) is 113 Å². The van der Waals surface area contributed by atoms with Gasteiger partial charge in [0.1, 0.15) is 5.69 Å². The van der Waals surface area contributed by atoms with Gasteiger partial charge in [-0.25, -0.2) is 4.79 Å². The predicted molar refractivity (Wildman–Crippen MR) is 112 cm³/mol. The van der Waals surface area contributed by atoms with Crippen molar-refractivity contribution in [1.82, 2.24) is 24.7 Å². The second-order valence-corrected chi connectivity index (χ2v) is 7.84. The highest BCUT2D eigenvalue weighted by atomic mass is 32.1. The number of carbonyl (C=O) groups is 3. The van der Waals surface area contributed by atoms with Gasteiger partial charge in [-0.05, 0) is 36.2 Å². The minimum atomic E-state index is -4.47. The first-order valence-electron chi connectivity index (χ1n) is 9.60. The van der Waals surface area contributed by atoms with E-state index in [1.807, 2.05) is 0 Å². The first-order valence-corrected chi connectivity index (χ1v) is 10.3. The van der Waals surface area contributed by atoms with Crippen LogP contribution < -0.4 is 16.0 Å². The number of benzene rings is 2. The Morgan fingerprint density at radius 2 is 1.79 bits per heavy atom. The molecule has 1 aliphatic rings. The molecule has 2 heterocycles. The van der Waals surface area contributed by atoms with Crippen molar-refractivity contribution in [2.24, 2.45) is 0 Å². The minimum Gasteiger partial charge on any atom is -0.349 e. The quantitative estimate of drug-likeness (QED) is 0.491. The number of urea groups is 1. The van der Waals surface area contributed by atoms with Gasteiger partial charge in [0.25, 0.3) is 11.8 Å². The van der Waals surface area contributed by atoms with Crippen LogP contribution >= 0.6 is 11.7 Å². The molecule has 3 N–H and O–H groups in total. The molecule has 2 aromatic carbocycles. The number of rotatable bonds is 5. The molecule has 1 aliphatic heterocycles. The van der Waals surface area contributed by atoms with E-state index < -0.39 is 35.1 Å². The smallest absolute Gasteiger partial charge is 0.349 e. The Labute approximate surface area is 189 Å². The average Bonchev–Trinajstić information content (AvgIpc) is 3.34. The summed E-state index contributed by atoms with van der Waals surface area (Å²) in [5, 5.41) is 7.30. The Morgan fingerprint density at radius 1 is 1.09 bits per heavy atom. The molecule has 4 rings (SSSR count). The lowest BCUT2D eigenvalue weighted by atomic mass is 9.93. The minimum absolute atomic E-state index is 0.185. The zero-order valence-corrected chi connectivity index (χ0v) is 17.8. The standard InChI is InChI=1S/C21H16F3N5O3S/c1-11-16(29-33-28-11)20(18(31)26-19(32)27-20)10-25-17(30)15-5-3-2-4-14(15)12-6-8-13(9-7-12)21(22,23)24/h2-9H,10H2,1H3,(H,25,30)(H2,26,27,31,32)/t20-/m1/s1. The number of amides is 4. The van der Waals surface area contributed by atoms with Crippen molar-refractivity contribution in [2.45, 2.75) is 18.6 Å². The summed E-state index contributed by atoms with van der Waals surface area (Å²) in [6.07, 6.45) is -4.47. The third kappa shape index (κ3) is 4.16. The molecule has 0 radical (unpaired) electrons. The van der Waals surface area contributed by atoms with Crippen LogP contribution in [-0.2, 0) is 16.5 Å². The Morgan fingerprint density at radius 3 is 2.36 bits per heavy atom. The summed E-state index contributed by atoms with van der Waals surface area (Å²) in [6, 6.07) is 10.1. The van der Waals surface area contributed by atoms with Crippen LogP contribution in [-0.4, -0.2) is 33.1 Å². The summed E-state index contributed by atoms with van der Waals surface area (Å²) in [6.45, 7) is 1.32. The molecule has 3 aromatic rings. The van der Waals surface area contributed by atoms with E-state index in [-0.39, 0.29) is 17.8 Å². The lowest BCUT2D eigenvalue weighted by molar-refractivity contribution is -0.137. The monoisotopic (exact) mass is 475 g/mol. The summed E-state index contributed by atoms with van der Waals surface area (Å²) in [5.41, 5.74) is -0.786. The van der Waals surface area contributed by atoms with Gasteiger partial charge in [-0.1, -0.05) is 30.3 Å². The van der Waals surface area contributed by atoms with E-state index in [2.05, 4.69) is 24.7 Å². The molecule has 33 heavy (non-hydrogen) atoms. The van der Waals surface area contributed by atoms with Gasteiger partial charge in [0.2, 0.25) is 0 Å².